The van der Waals surface area contributed by atoms with Crippen LogP contribution >= 0.6 is 0 Å². The van der Waals surface area contributed by atoms with Gasteiger partial charge in [0.05, 0.1) is 6.61 Å². The zero-order valence-corrected chi connectivity index (χ0v) is 16.1. The Hall–Kier alpha value is -1.98. The first-order chi connectivity index (χ1) is 13.0. The van der Waals surface area contributed by atoms with Crippen LogP contribution in [-0.4, -0.2) is 18.5 Å². The highest BCUT2D eigenvalue weighted by Crippen LogP contribution is 2.16. The number of ether oxygens (including phenoxy) is 2. The minimum atomic E-state index is -0.817. The number of esters is 2. The van der Waals surface area contributed by atoms with E-state index in [0.29, 0.717) is 12.7 Å². The maximum atomic E-state index is 13.0. The van der Waals surface area contributed by atoms with Gasteiger partial charge in [-0.15, -0.1) is 0 Å². The molecule has 0 aliphatic rings. The molecule has 1 aromatic carbocycles. The lowest BCUT2D eigenvalue weighted by Gasteiger charge is -2.06. The number of carbonyl (C=O) groups excluding carboxylic acids is 2. The summed E-state index contributed by atoms with van der Waals surface area (Å²) in [6, 6.07) is 2.55. The van der Waals surface area contributed by atoms with Gasteiger partial charge in [-0.2, -0.15) is 0 Å². The molecule has 0 unspecified atom stereocenters. The molecule has 1 rings (SSSR count). The smallest absolute Gasteiger partial charge is 0.311 e. The number of hydrogen-bond donors (Lipinski definition) is 0. The molecule has 0 spiro atoms. The molecule has 0 aromatic heterocycles. The minimum Gasteiger partial charge on any atom is -0.466 e. The van der Waals surface area contributed by atoms with Gasteiger partial charge in [-0.05, 0) is 12.8 Å². The standard InChI is InChI=1S/C21H30F2O4/c1-2-3-4-5-6-7-8-9-13-26-20(24)11-10-12-21(25)27-19-15-17(22)14-18(23)16-19/h14-16H,2-13H2,1H3. The van der Waals surface area contributed by atoms with Gasteiger partial charge < -0.3 is 9.47 Å². The predicted molar refractivity (Wildman–Crippen MR) is 99.4 cm³/mol. The summed E-state index contributed by atoms with van der Waals surface area (Å²) in [5.74, 6) is -2.81. The van der Waals surface area contributed by atoms with Crippen molar-refractivity contribution < 1.29 is 27.8 Å². The Morgan fingerprint density at radius 2 is 1.33 bits per heavy atom. The quantitative estimate of drug-likeness (QED) is 0.234. The van der Waals surface area contributed by atoms with Crippen molar-refractivity contribution in [2.75, 3.05) is 6.61 Å². The van der Waals surface area contributed by atoms with Crippen LogP contribution in [0, 0.1) is 11.6 Å². The Labute approximate surface area is 160 Å². The molecule has 1 aromatic rings. The third-order valence-corrected chi connectivity index (χ3v) is 4.09. The maximum Gasteiger partial charge on any atom is 0.311 e. The molecule has 0 atom stereocenters. The van der Waals surface area contributed by atoms with Crippen molar-refractivity contribution in [3.8, 4) is 5.75 Å². The maximum absolute atomic E-state index is 13.0. The summed E-state index contributed by atoms with van der Waals surface area (Å²) < 4.78 is 36.0. The van der Waals surface area contributed by atoms with Crippen LogP contribution in [0.5, 0.6) is 5.75 Å². The SMILES string of the molecule is CCCCCCCCCCOC(=O)CCCC(=O)Oc1cc(F)cc(F)c1. The lowest BCUT2D eigenvalue weighted by Crippen LogP contribution is -2.10. The molecule has 0 aliphatic heterocycles. The Balaban J connectivity index is 2.02. The lowest BCUT2D eigenvalue weighted by molar-refractivity contribution is -0.144. The normalized spacial score (nSPS) is 10.6. The van der Waals surface area contributed by atoms with E-state index in [1.165, 1.54) is 32.1 Å². The number of carbonyl (C=O) groups is 2. The predicted octanol–water partition coefficient (Wildman–Crippen LogP) is 5.72. The van der Waals surface area contributed by atoms with E-state index in [1.807, 2.05) is 0 Å². The Morgan fingerprint density at radius 1 is 0.778 bits per heavy atom. The van der Waals surface area contributed by atoms with Gasteiger partial charge >= 0.3 is 11.9 Å². The molecule has 0 saturated carbocycles. The Kier molecular flexibility index (Phi) is 12.1. The Morgan fingerprint density at radius 3 is 1.96 bits per heavy atom. The fraction of sp³-hybridized carbons (Fsp3) is 0.619. The van der Waals surface area contributed by atoms with Gasteiger partial charge in [-0.1, -0.05) is 51.9 Å². The van der Waals surface area contributed by atoms with Gasteiger partial charge in [-0.25, -0.2) is 8.78 Å². The summed E-state index contributed by atoms with van der Waals surface area (Å²) in [4.78, 5) is 23.2. The number of unbranched alkanes of at least 4 members (excludes halogenated alkanes) is 7. The highest BCUT2D eigenvalue weighted by atomic mass is 19.1. The van der Waals surface area contributed by atoms with Crippen LogP contribution in [0.3, 0.4) is 0 Å². The van der Waals surface area contributed by atoms with Gasteiger partial charge in [0.15, 0.2) is 0 Å². The van der Waals surface area contributed by atoms with Crippen molar-refractivity contribution >= 4 is 11.9 Å². The van der Waals surface area contributed by atoms with Crippen molar-refractivity contribution in [1.29, 1.82) is 0 Å². The van der Waals surface area contributed by atoms with Crippen LogP contribution in [-0.2, 0) is 14.3 Å². The average Bonchev–Trinajstić information content (AvgIpc) is 2.59. The van der Waals surface area contributed by atoms with Crippen LogP contribution < -0.4 is 4.74 Å². The molecule has 0 heterocycles. The molecule has 0 aliphatic carbocycles. The second-order valence-corrected chi connectivity index (χ2v) is 6.63. The van der Waals surface area contributed by atoms with Crippen LogP contribution in [0.15, 0.2) is 18.2 Å². The Bertz CT molecular complexity index is 555. The summed E-state index contributed by atoms with van der Waals surface area (Å²) in [5.41, 5.74) is 0. The van der Waals surface area contributed by atoms with Crippen molar-refractivity contribution in [3.05, 3.63) is 29.8 Å². The first-order valence-corrected chi connectivity index (χ1v) is 9.83. The van der Waals surface area contributed by atoms with Crippen LogP contribution in [0.25, 0.3) is 0 Å². The third kappa shape index (κ3) is 12.1. The second kappa shape index (κ2) is 14.1. The lowest BCUT2D eigenvalue weighted by atomic mass is 10.1. The van der Waals surface area contributed by atoms with Crippen LogP contribution in [0.1, 0.15) is 77.6 Å². The zero-order chi connectivity index (χ0) is 19.9. The van der Waals surface area contributed by atoms with Crippen molar-refractivity contribution in [3.63, 3.8) is 0 Å². The highest BCUT2D eigenvalue weighted by molar-refractivity contribution is 5.74. The molecule has 4 nitrogen and oxygen atoms in total. The summed E-state index contributed by atoms with van der Waals surface area (Å²) in [6.07, 6.45) is 9.76. The second-order valence-electron chi connectivity index (χ2n) is 6.63. The van der Waals surface area contributed by atoms with Crippen molar-refractivity contribution in [1.82, 2.24) is 0 Å². The summed E-state index contributed by atoms with van der Waals surface area (Å²) >= 11 is 0. The average molecular weight is 384 g/mol. The van der Waals surface area contributed by atoms with Gasteiger partial charge in [0.2, 0.25) is 0 Å². The van der Waals surface area contributed by atoms with E-state index in [-0.39, 0.29) is 31.0 Å². The van der Waals surface area contributed by atoms with E-state index in [0.717, 1.165) is 31.4 Å². The molecule has 27 heavy (non-hydrogen) atoms. The number of hydrogen-bond acceptors (Lipinski definition) is 4. The molecular weight excluding hydrogens is 354 g/mol. The van der Waals surface area contributed by atoms with Gasteiger partial charge in [0.25, 0.3) is 0 Å². The molecule has 0 amide bonds. The highest BCUT2D eigenvalue weighted by Gasteiger charge is 2.10. The molecule has 6 heteroatoms. The number of halogens is 2. The molecule has 0 N–H and O–H groups in total. The van der Waals surface area contributed by atoms with E-state index in [1.54, 1.807) is 0 Å². The topological polar surface area (TPSA) is 52.6 Å². The minimum absolute atomic E-state index is 0.0228. The molecule has 152 valence electrons. The van der Waals surface area contributed by atoms with Gasteiger partial charge in [0, 0.05) is 31.0 Å². The molecule has 0 saturated heterocycles. The van der Waals surface area contributed by atoms with E-state index in [4.69, 9.17) is 9.47 Å². The van der Waals surface area contributed by atoms with Crippen molar-refractivity contribution in [2.45, 2.75) is 77.6 Å². The van der Waals surface area contributed by atoms with E-state index >= 15 is 0 Å². The molecule has 0 radical (unpaired) electrons. The summed E-state index contributed by atoms with van der Waals surface area (Å²) in [5, 5.41) is 0. The van der Waals surface area contributed by atoms with Crippen LogP contribution in [0.2, 0.25) is 0 Å². The third-order valence-electron chi connectivity index (χ3n) is 4.09. The van der Waals surface area contributed by atoms with Crippen molar-refractivity contribution in [2.24, 2.45) is 0 Å². The van der Waals surface area contributed by atoms with E-state index in [2.05, 4.69) is 6.92 Å². The first kappa shape index (κ1) is 23.1. The zero-order valence-electron chi connectivity index (χ0n) is 16.1. The fourth-order valence-corrected chi connectivity index (χ4v) is 2.64. The van der Waals surface area contributed by atoms with Gasteiger partial charge in [0.1, 0.15) is 17.4 Å². The van der Waals surface area contributed by atoms with E-state index < -0.39 is 17.6 Å². The van der Waals surface area contributed by atoms with E-state index in [9.17, 15) is 18.4 Å². The monoisotopic (exact) mass is 384 g/mol. The first-order valence-electron chi connectivity index (χ1n) is 9.83. The summed E-state index contributed by atoms with van der Waals surface area (Å²) in [7, 11) is 0. The molecule has 0 bridgehead atoms. The van der Waals surface area contributed by atoms with Gasteiger partial charge in [-0.3, -0.25) is 9.59 Å². The molecular formula is C21H30F2O4. The fourth-order valence-electron chi connectivity index (χ4n) is 2.64. The molecule has 0 fully saturated rings. The summed E-state index contributed by atoms with van der Waals surface area (Å²) in [6.45, 7) is 2.60. The largest absolute Gasteiger partial charge is 0.466 e. The van der Waals surface area contributed by atoms with Crippen LogP contribution in [0.4, 0.5) is 8.78 Å². The number of rotatable bonds is 14. The number of benzene rings is 1.